The van der Waals surface area contributed by atoms with Gasteiger partial charge in [-0.1, -0.05) is 164 Å². The minimum atomic E-state index is -5.20. The molecule has 0 saturated heterocycles. The van der Waals surface area contributed by atoms with Gasteiger partial charge in [-0.3, -0.25) is 4.55 Å². The van der Waals surface area contributed by atoms with Crippen molar-refractivity contribution in [1.29, 1.82) is 0 Å². The van der Waals surface area contributed by atoms with Crippen LogP contribution in [0, 0.1) is 17.3 Å². The Labute approximate surface area is 471 Å². The van der Waals surface area contributed by atoms with Crippen LogP contribution >= 0.6 is 0 Å². The van der Waals surface area contributed by atoms with Crippen LogP contribution in [0.2, 0.25) is 0 Å². The second-order valence-corrected chi connectivity index (χ2v) is 22.7. The molecule has 3 unspecified atom stereocenters. The molecule has 0 aliphatic heterocycles. The largest absolute Gasteiger partial charge is 0.549 e. The second-order valence-electron chi connectivity index (χ2n) is 21.2. The molecule has 0 radical (unpaired) electrons. The topological polar surface area (TPSA) is 176 Å². The van der Waals surface area contributed by atoms with E-state index in [1.165, 1.54) is 66.4 Å². The van der Waals surface area contributed by atoms with E-state index in [0.29, 0.717) is 25.7 Å². The van der Waals surface area contributed by atoms with Crippen molar-refractivity contribution in [3.05, 3.63) is 168 Å². The van der Waals surface area contributed by atoms with Gasteiger partial charge >= 0.3 is 22.7 Å². The SMILES string of the molecule is CCCCC(CC)CC(CC(CC)CCCC)(C(=O)[O-])C(C(=O)[O-])S(=O)(=O)O.COc1ccc2c(c1)CCc1c-2[o+]c2ccccc2c1-c1ccccc1.COc1ccc2c(c1)CCc1c-2[o+]c2ccccc2c1-c1ccccc1. The molecule has 0 saturated carbocycles. The molecule has 0 spiro atoms. The van der Waals surface area contributed by atoms with Crippen molar-refractivity contribution in [2.75, 3.05) is 14.2 Å². The highest BCUT2D eigenvalue weighted by Crippen LogP contribution is 2.47. The average Bonchev–Trinajstić information content (AvgIpc) is 3.48. The molecule has 11 nitrogen and oxygen atoms in total. The highest BCUT2D eigenvalue weighted by Gasteiger charge is 2.50. The van der Waals surface area contributed by atoms with Gasteiger partial charge in [-0.2, -0.15) is 8.42 Å². The van der Waals surface area contributed by atoms with Gasteiger partial charge in [0.1, 0.15) is 16.7 Å². The first-order valence-corrected chi connectivity index (χ1v) is 29.8. The van der Waals surface area contributed by atoms with Crippen LogP contribution in [0.25, 0.3) is 66.8 Å². The molecule has 1 N–H and O–H groups in total. The van der Waals surface area contributed by atoms with Crippen molar-refractivity contribution >= 4 is 44.0 Å². The Morgan fingerprint density at radius 2 is 0.975 bits per heavy atom. The number of hydrogen-bond acceptors (Lipinski definition) is 8. The fourth-order valence-electron chi connectivity index (χ4n) is 12.1. The maximum absolute atomic E-state index is 12.3. The highest BCUT2D eigenvalue weighted by molar-refractivity contribution is 7.87. The quantitative estimate of drug-likeness (QED) is 0.0568. The zero-order valence-corrected chi connectivity index (χ0v) is 47.7. The number of fused-ring (bicyclic) bond motifs is 8. The van der Waals surface area contributed by atoms with Gasteiger partial charge in [0.2, 0.25) is 0 Å². The van der Waals surface area contributed by atoms with Crippen LogP contribution in [0.3, 0.4) is 0 Å². The number of hydrogen-bond donors (Lipinski definition) is 1. The van der Waals surface area contributed by atoms with Gasteiger partial charge in [0.25, 0.3) is 10.1 Å². The predicted octanol–water partition coefficient (Wildman–Crippen LogP) is 14.3. The lowest BCUT2D eigenvalue weighted by molar-refractivity contribution is -0.329. The lowest BCUT2D eigenvalue weighted by Crippen LogP contribution is -2.60. The normalized spacial score (nSPS) is 14.2. The van der Waals surface area contributed by atoms with E-state index in [1.54, 1.807) is 14.2 Å². The van der Waals surface area contributed by atoms with E-state index in [-0.39, 0.29) is 24.7 Å². The third-order valence-corrected chi connectivity index (χ3v) is 17.5. The van der Waals surface area contributed by atoms with Gasteiger partial charge in [-0.05, 0) is 121 Å². The van der Waals surface area contributed by atoms with Gasteiger partial charge in [-0.15, -0.1) is 0 Å². The van der Waals surface area contributed by atoms with E-state index in [4.69, 9.17) is 18.3 Å². The first kappa shape index (κ1) is 58.7. The van der Waals surface area contributed by atoms with E-state index < -0.39 is 32.7 Å². The van der Waals surface area contributed by atoms with Crippen molar-refractivity contribution < 1.29 is 51.1 Å². The number of para-hydroxylation sites is 2. The summed E-state index contributed by atoms with van der Waals surface area (Å²) in [6, 6.07) is 50.5. The Bertz CT molecular complexity index is 3340. The Kier molecular flexibility index (Phi) is 19.6. The summed E-state index contributed by atoms with van der Waals surface area (Å²) in [6.45, 7) is 7.68. The number of carbonyl (C=O) groups excluding carboxylic acids is 2. The fourth-order valence-corrected chi connectivity index (χ4v) is 13.2. The molecule has 12 heteroatoms. The molecule has 418 valence electrons. The molecule has 8 aromatic rings. The Morgan fingerprint density at radius 3 is 1.32 bits per heavy atom. The summed E-state index contributed by atoms with van der Waals surface area (Å²) in [5.74, 6) is -0.438. The number of aliphatic carboxylic acids is 2. The third-order valence-electron chi connectivity index (χ3n) is 16.2. The number of methoxy groups -OCH3 is 2. The Morgan fingerprint density at radius 1 is 0.575 bits per heavy atom. The van der Waals surface area contributed by atoms with Gasteiger partial charge < -0.3 is 29.3 Å². The Balaban J connectivity index is 0.000000158. The summed E-state index contributed by atoms with van der Waals surface area (Å²) in [5, 5.41) is 23.8. The highest BCUT2D eigenvalue weighted by atomic mass is 32.2. The number of benzene rings is 6. The Hall–Kier alpha value is -7.41. The molecule has 80 heavy (non-hydrogen) atoms. The first-order chi connectivity index (χ1) is 38.7. The standard InChI is InChI=1S/2C24H19O2.C20H38O7S/c2*1-25-18-12-14-19-17(15-18)11-13-21-23(16-7-3-2-4-8-16)20-9-5-6-10-22(20)26-24(19)21;1-5-9-11-15(7-3)13-20(19(23)24,14-16(8-4)12-10-6-2)17(18(21)22)28(25,26)27/h2*2-10,12,14-15H,11,13H2,1H3;15-17H,5-14H2,1-4H3,(H,21,22)(H,23,24)(H,25,26,27)/q2*+1;/p-2. The van der Waals surface area contributed by atoms with Crippen LogP contribution < -0.4 is 19.7 Å². The first-order valence-electron chi connectivity index (χ1n) is 28.3. The zero-order chi connectivity index (χ0) is 57.0. The number of unbranched alkanes of at least 4 members (excludes halogenated alkanes) is 2. The van der Waals surface area contributed by atoms with Gasteiger partial charge in [0.05, 0.1) is 53.2 Å². The molecule has 10 rings (SSSR count). The summed E-state index contributed by atoms with van der Waals surface area (Å²) < 4.78 is 57.1. The summed E-state index contributed by atoms with van der Waals surface area (Å²) >= 11 is 0. The molecule has 0 fully saturated rings. The lowest BCUT2D eigenvalue weighted by atomic mass is 9.68. The van der Waals surface area contributed by atoms with Crippen LogP contribution in [-0.4, -0.2) is 44.4 Å². The van der Waals surface area contributed by atoms with E-state index in [2.05, 4.69) is 121 Å². The summed E-state index contributed by atoms with van der Waals surface area (Å²) in [7, 11) is -1.77. The van der Waals surface area contributed by atoms with Crippen molar-refractivity contribution in [3.63, 3.8) is 0 Å². The third kappa shape index (κ3) is 12.9. The maximum atomic E-state index is 12.3. The molecule has 0 amide bonds. The van der Waals surface area contributed by atoms with E-state index in [0.717, 1.165) is 85.6 Å². The van der Waals surface area contributed by atoms with E-state index in [1.807, 2.05) is 52.0 Å². The van der Waals surface area contributed by atoms with Gasteiger partial charge in [0, 0.05) is 34.6 Å². The number of carbonyl (C=O) groups is 2. The molecule has 2 aliphatic carbocycles. The van der Waals surface area contributed by atoms with Crippen molar-refractivity contribution in [2.24, 2.45) is 17.3 Å². The average molecular weight is 1100 g/mol. The van der Waals surface area contributed by atoms with Crippen molar-refractivity contribution in [1.82, 2.24) is 0 Å². The smallest absolute Gasteiger partial charge is 0.364 e. The second kappa shape index (κ2) is 26.7. The van der Waals surface area contributed by atoms with Crippen LogP contribution in [0.4, 0.5) is 0 Å². The monoisotopic (exact) mass is 1100 g/mol. The van der Waals surface area contributed by atoms with Crippen LogP contribution in [-0.2, 0) is 45.4 Å². The molecule has 0 bridgehead atoms. The van der Waals surface area contributed by atoms with Gasteiger partial charge in [-0.25, -0.2) is 8.83 Å². The van der Waals surface area contributed by atoms with Gasteiger partial charge in [0.15, 0.2) is 0 Å². The van der Waals surface area contributed by atoms with Crippen LogP contribution in [0.15, 0.2) is 154 Å². The number of ether oxygens (including phenoxy) is 2. The van der Waals surface area contributed by atoms with Crippen LogP contribution in [0.5, 0.6) is 11.5 Å². The maximum Gasteiger partial charge on any atom is 0.364 e. The minimum Gasteiger partial charge on any atom is -0.549 e. The van der Waals surface area contributed by atoms with Crippen LogP contribution in [0.1, 0.15) is 114 Å². The molecular formula is C68H74O11S. The molecule has 3 atom stereocenters. The lowest BCUT2D eigenvalue weighted by Gasteiger charge is -2.44. The molecule has 2 aromatic heterocycles. The summed E-state index contributed by atoms with van der Waals surface area (Å²) in [4.78, 5) is 24.0. The fraction of sp³-hybridized carbons (Fsp3) is 0.353. The minimum absolute atomic E-state index is 0.174. The molecule has 6 aromatic carbocycles. The molecule has 2 aliphatic rings. The number of carboxylic acids is 2. The zero-order valence-electron chi connectivity index (χ0n) is 46.9. The van der Waals surface area contributed by atoms with Crippen molar-refractivity contribution in [3.8, 4) is 56.4 Å². The molecular weight excluding hydrogens is 1020 g/mol. The number of aryl methyl sites for hydroxylation is 2. The number of carboxylic acid groups (broad SMARTS) is 2. The molecule has 2 heterocycles. The van der Waals surface area contributed by atoms with E-state index >= 15 is 0 Å². The van der Waals surface area contributed by atoms with Crippen molar-refractivity contribution in [2.45, 2.75) is 123 Å². The summed E-state index contributed by atoms with van der Waals surface area (Å²) in [6.07, 6.45) is 9.42. The summed E-state index contributed by atoms with van der Waals surface area (Å²) in [5.41, 5.74) is 12.2. The predicted molar refractivity (Wildman–Crippen MR) is 315 cm³/mol. The number of rotatable bonds is 20. The van der Waals surface area contributed by atoms with E-state index in [9.17, 15) is 32.8 Å².